The molecule has 7 heteroatoms. The summed E-state index contributed by atoms with van der Waals surface area (Å²) in [5, 5.41) is 1.44. The lowest BCUT2D eigenvalue weighted by molar-refractivity contribution is -0.129. The Morgan fingerprint density at radius 2 is 1.73 bits per heavy atom. The highest BCUT2D eigenvalue weighted by atomic mass is 35.5. The summed E-state index contributed by atoms with van der Waals surface area (Å²) >= 11 is 17.9. The van der Waals surface area contributed by atoms with Crippen molar-refractivity contribution in [2.24, 2.45) is 4.99 Å². The van der Waals surface area contributed by atoms with Crippen LogP contribution in [0.2, 0.25) is 15.1 Å². The number of cyclic esters (lactones) is 1. The molecule has 0 saturated carbocycles. The monoisotopic (exact) mass is 457 g/mol. The highest BCUT2D eigenvalue weighted by Crippen LogP contribution is 2.26. The van der Waals surface area contributed by atoms with Crippen LogP contribution in [0.1, 0.15) is 16.7 Å². The molecular weight excluding hydrogens is 445 g/mol. The van der Waals surface area contributed by atoms with Gasteiger partial charge in [0.2, 0.25) is 5.90 Å². The Morgan fingerprint density at radius 3 is 2.47 bits per heavy atom. The molecule has 3 aromatic rings. The molecule has 0 atom stereocenters. The van der Waals surface area contributed by atoms with Crippen LogP contribution in [0, 0.1) is 0 Å². The van der Waals surface area contributed by atoms with Gasteiger partial charge in [-0.2, -0.15) is 0 Å². The number of aliphatic imine (C=N–C) groups is 1. The van der Waals surface area contributed by atoms with Gasteiger partial charge in [-0.25, -0.2) is 9.79 Å². The molecule has 0 saturated heterocycles. The lowest BCUT2D eigenvalue weighted by Gasteiger charge is -2.07. The first-order valence-electron chi connectivity index (χ1n) is 8.93. The molecule has 0 radical (unpaired) electrons. The van der Waals surface area contributed by atoms with Crippen LogP contribution < -0.4 is 4.74 Å². The Balaban J connectivity index is 1.46. The van der Waals surface area contributed by atoms with Crippen molar-refractivity contribution in [3.8, 4) is 5.75 Å². The number of rotatable bonds is 5. The van der Waals surface area contributed by atoms with Gasteiger partial charge in [-0.05, 0) is 59.7 Å². The third-order valence-corrected chi connectivity index (χ3v) is 5.24. The van der Waals surface area contributed by atoms with Crippen LogP contribution in [0.5, 0.6) is 5.75 Å². The van der Waals surface area contributed by atoms with E-state index >= 15 is 0 Å². The Hall–Kier alpha value is -2.79. The van der Waals surface area contributed by atoms with E-state index in [1.165, 1.54) is 0 Å². The molecule has 0 bridgehead atoms. The molecule has 0 spiro atoms. The van der Waals surface area contributed by atoms with Crippen molar-refractivity contribution in [1.82, 2.24) is 0 Å². The largest absolute Gasteiger partial charge is 0.489 e. The minimum Gasteiger partial charge on any atom is -0.489 e. The second kappa shape index (κ2) is 8.92. The summed E-state index contributed by atoms with van der Waals surface area (Å²) in [7, 11) is 0. The van der Waals surface area contributed by atoms with Gasteiger partial charge in [0.05, 0.1) is 10.0 Å². The van der Waals surface area contributed by atoms with Gasteiger partial charge in [0.1, 0.15) is 12.4 Å². The molecule has 1 heterocycles. The van der Waals surface area contributed by atoms with Gasteiger partial charge in [-0.1, -0.05) is 59.1 Å². The summed E-state index contributed by atoms with van der Waals surface area (Å²) in [6.45, 7) is 0.407. The Morgan fingerprint density at radius 1 is 0.933 bits per heavy atom. The molecule has 3 aromatic carbocycles. The first-order chi connectivity index (χ1) is 14.5. The van der Waals surface area contributed by atoms with Crippen LogP contribution in [0.25, 0.3) is 6.08 Å². The number of hydrogen-bond acceptors (Lipinski definition) is 4. The van der Waals surface area contributed by atoms with Gasteiger partial charge in [0, 0.05) is 10.6 Å². The van der Waals surface area contributed by atoms with Crippen LogP contribution in [-0.2, 0) is 16.1 Å². The Kier molecular flexibility index (Phi) is 6.09. The van der Waals surface area contributed by atoms with Crippen molar-refractivity contribution in [3.05, 3.63) is 104 Å². The maximum atomic E-state index is 12.2. The van der Waals surface area contributed by atoms with E-state index in [1.54, 1.807) is 24.3 Å². The molecule has 1 aliphatic rings. The number of ether oxygens (including phenoxy) is 2. The minimum atomic E-state index is -0.530. The molecule has 4 nitrogen and oxygen atoms in total. The topological polar surface area (TPSA) is 47.9 Å². The lowest BCUT2D eigenvalue weighted by atomic mass is 10.2. The SMILES string of the molecule is O=C1OC(c2ccc(Cl)c(Cl)c2)=N/C1=C\c1ccc(OCc2cccc(Cl)c2)cc1. The zero-order valence-corrected chi connectivity index (χ0v) is 17.7. The maximum Gasteiger partial charge on any atom is 0.363 e. The maximum absolute atomic E-state index is 12.2. The summed E-state index contributed by atoms with van der Waals surface area (Å²) < 4.78 is 11.0. The van der Waals surface area contributed by atoms with Crippen LogP contribution in [0.3, 0.4) is 0 Å². The van der Waals surface area contributed by atoms with Crippen LogP contribution in [0.4, 0.5) is 0 Å². The second-order valence-electron chi connectivity index (χ2n) is 6.45. The van der Waals surface area contributed by atoms with Gasteiger partial charge >= 0.3 is 5.97 Å². The van der Waals surface area contributed by atoms with Crippen molar-refractivity contribution in [2.45, 2.75) is 6.61 Å². The lowest BCUT2D eigenvalue weighted by Crippen LogP contribution is -2.05. The zero-order valence-electron chi connectivity index (χ0n) is 15.4. The van der Waals surface area contributed by atoms with Gasteiger partial charge in [0.25, 0.3) is 0 Å². The summed E-state index contributed by atoms with van der Waals surface area (Å²) in [6.07, 6.45) is 1.65. The highest BCUT2D eigenvalue weighted by molar-refractivity contribution is 6.42. The summed E-state index contributed by atoms with van der Waals surface area (Å²) in [5.74, 6) is 0.356. The van der Waals surface area contributed by atoms with Gasteiger partial charge in [0.15, 0.2) is 5.70 Å². The van der Waals surface area contributed by atoms with E-state index in [9.17, 15) is 4.79 Å². The third kappa shape index (κ3) is 4.85. The quantitative estimate of drug-likeness (QED) is 0.321. The minimum absolute atomic E-state index is 0.186. The molecule has 1 aliphatic heterocycles. The third-order valence-electron chi connectivity index (χ3n) is 4.27. The number of nitrogens with zero attached hydrogens (tertiary/aromatic N) is 1. The molecule has 0 amide bonds. The fourth-order valence-corrected chi connectivity index (χ4v) is 3.28. The smallest absolute Gasteiger partial charge is 0.363 e. The molecule has 150 valence electrons. The molecular formula is C23H14Cl3NO3. The van der Waals surface area contributed by atoms with E-state index in [0.29, 0.717) is 33.0 Å². The summed E-state index contributed by atoms with van der Waals surface area (Å²) in [6, 6.07) is 19.7. The highest BCUT2D eigenvalue weighted by Gasteiger charge is 2.24. The fourth-order valence-electron chi connectivity index (χ4n) is 2.77. The van der Waals surface area contributed by atoms with E-state index < -0.39 is 5.97 Å². The number of halogens is 3. The number of carbonyl (C=O) groups is 1. The zero-order chi connectivity index (χ0) is 21.1. The first kappa shape index (κ1) is 20.5. The van der Waals surface area contributed by atoms with E-state index in [-0.39, 0.29) is 11.6 Å². The van der Waals surface area contributed by atoms with Crippen LogP contribution in [0.15, 0.2) is 77.4 Å². The standard InChI is InChI=1S/C23H14Cl3NO3/c24-17-3-1-2-15(10-17)13-29-18-7-4-14(5-8-18)11-21-23(28)30-22(27-21)16-6-9-19(25)20(26)12-16/h1-12H,13H2/b21-11-. The number of carbonyl (C=O) groups excluding carboxylic acids is 1. The van der Waals surface area contributed by atoms with E-state index in [1.807, 2.05) is 48.5 Å². The second-order valence-corrected chi connectivity index (χ2v) is 7.70. The molecule has 0 N–H and O–H groups in total. The van der Waals surface area contributed by atoms with Crippen LogP contribution >= 0.6 is 34.8 Å². The molecule has 0 aliphatic carbocycles. The van der Waals surface area contributed by atoms with Crippen molar-refractivity contribution < 1.29 is 14.3 Å². The van der Waals surface area contributed by atoms with Crippen molar-refractivity contribution >= 4 is 52.7 Å². The van der Waals surface area contributed by atoms with E-state index in [2.05, 4.69) is 4.99 Å². The molecule has 30 heavy (non-hydrogen) atoms. The number of benzene rings is 3. The van der Waals surface area contributed by atoms with Crippen molar-refractivity contribution in [1.29, 1.82) is 0 Å². The van der Waals surface area contributed by atoms with Crippen molar-refractivity contribution in [3.63, 3.8) is 0 Å². The molecule has 0 unspecified atom stereocenters. The number of hydrogen-bond donors (Lipinski definition) is 0. The molecule has 0 aromatic heterocycles. The summed E-state index contributed by atoms with van der Waals surface area (Å²) in [5.41, 5.74) is 2.54. The average Bonchev–Trinajstić information content (AvgIpc) is 3.10. The first-order valence-corrected chi connectivity index (χ1v) is 10.1. The molecule has 0 fully saturated rings. The van der Waals surface area contributed by atoms with E-state index in [0.717, 1.165) is 11.1 Å². The normalized spacial score (nSPS) is 14.6. The predicted molar refractivity (Wildman–Crippen MR) is 119 cm³/mol. The summed E-state index contributed by atoms with van der Waals surface area (Å²) in [4.78, 5) is 16.4. The van der Waals surface area contributed by atoms with Crippen LogP contribution in [-0.4, -0.2) is 11.9 Å². The van der Waals surface area contributed by atoms with Crippen molar-refractivity contribution in [2.75, 3.05) is 0 Å². The fraction of sp³-hybridized carbons (Fsp3) is 0.0435. The Labute approximate surface area is 188 Å². The van der Waals surface area contributed by atoms with Gasteiger partial charge < -0.3 is 9.47 Å². The van der Waals surface area contributed by atoms with Gasteiger partial charge in [-0.15, -0.1) is 0 Å². The molecule has 4 rings (SSSR count). The Bertz CT molecular complexity index is 1170. The van der Waals surface area contributed by atoms with Gasteiger partial charge in [-0.3, -0.25) is 0 Å². The van der Waals surface area contributed by atoms with E-state index in [4.69, 9.17) is 44.3 Å². The average molecular weight is 459 g/mol. The predicted octanol–water partition coefficient (Wildman–Crippen LogP) is 6.57. The number of esters is 1.